The van der Waals surface area contributed by atoms with E-state index >= 15 is 0 Å². The number of amides is 3. The lowest BCUT2D eigenvalue weighted by Gasteiger charge is -2.38. The summed E-state index contributed by atoms with van der Waals surface area (Å²) < 4.78 is 4.98. The third-order valence-electron chi connectivity index (χ3n) is 5.01. The molecule has 10 heteroatoms. The van der Waals surface area contributed by atoms with Crippen molar-refractivity contribution in [1.29, 1.82) is 0 Å². The van der Waals surface area contributed by atoms with Crippen molar-refractivity contribution in [3.05, 3.63) is 42.5 Å². The summed E-state index contributed by atoms with van der Waals surface area (Å²) in [5.41, 5.74) is 2.23. The standard InChI is InChI=1S/C21H24N4O3S.2ClH/c1-3-28-20(26)22-15-8-9-19-17(14-15)25(16-6-4-5-7-18(16)29-19)21(27)24-12-10-23(2)11-13-24;;/h4-9,14H,3,10-13H2,1-2H3,(H,22,26);2*1H. The lowest BCUT2D eigenvalue weighted by Crippen LogP contribution is -2.51. The molecule has 4 rings (SSSR count). The molecule has 7 nitrogen and oxygen atoms in total. The normalized spacial score (nSPS) is 15.0. The van der Waals surface area contributed by atoms with Crippen molar-refractivity contribution in [2.45, 2.75) is 16.7 Å². The number of carbonyl (C=O) groups excluding carboxylic acids is 2. The monoisotopic (exact) mass is 484 g/mol. The van der Waals surface area contributed by atoms with Crippen LogP contribution in [-0.2, 0) is 4.74 Å². The van der Waals surface area contributed by atoms with Gasteiger partial charge in [-0.2, -0.15) is 0 Å². The highest BCUT2D eigenvalue weighted by Crippen LogP contribution is 2.49. The molecule has 168 valence electrons. The number of nitrogens with zero attached hydrogens (tertiary/aromatic N) is 3. The Kier molecular flexibility index (Phi) is 8.88. The Labute approximate surface area is 198 Å². The Morgan fingerprint density at radius 3 is 2.39 bits per heavy atom. The van der Waals surface area contributed by atoms with E-state index in [2.05, 4.69) is 17.3 Å². The summed E-state index contributed by atoms with van der Waals surface area (Å²) in [4.78, 5) is 33.3. The predicted octanol–water partition coefficient (Wildman–Crippen LogP) is 5.07. The number of likely N-dealkylation sites (N-methyl/N-ethyl adjacent to an activating group) is 1. The van der Waals surface area contributed by atoms with Gasteiger partial charge in [0.1, 0.15) is 0 Å². The molecule has 0 aromatic heterocycles. The molecule has 1 fully saturated rings. The number of urea groups is 1. The zero-order valence-electron chi connectivity index (χ0n) is 17.4. The molecule has 3 amide bonds. The van der Waals surface area contributed by atoms with Crippen LogP contribution < -0.4 is 10.2 Å². The van der Waals surface area contributed by atoms with Gasteiger partial charge in [-0.15, -0.1) is 24.8 Å². The summed E-state index contributed by atoms with van der Waals surface area (Å²) in [6, 6.07) is 13.5. The molecule has 0 atom stereocenters. The van der Waals surface area contributed by atoms with Crippen molar-refractivity contribution in [3.63, 3.8) is 0 Å². The smallest absolute Gasteiger partial charge is 0.411 e. The van der Waals surface area contributed by atoms with Crippen molar-refractivity contribution in [1.82, 2.24) is 9.80 Å². The molecule has 0 unspecified atom stereocenters. The van der Waals surface area contributed by atoms with Crippen LogP contribution in [-0.4, -0.2) is 61.8 Å². The highest BCUT2D eigenvalue weighted by Gasteiger charge is 2.32. The number of hydrogen-bond acceptors (Lipinski definition) is 5. The quantitative estimate of drug-likeness (QED) is 0.644. The zero-order valence-corrected chi connectivity index (χ0v) is 19.8. The van der Waals surface area contributed by atoms with Crippen LogP contribution in [0.25, 0.3) is 0 Å². The van der Waals surface area contributed by atoms with Crippen LogP contribution in [0, 0.1) is 0 Å². The van der Waals surface area contributed by atoms with Gasteiger partial charge in [0.25, 0.3) is 0 Å². The molecule has 2 aromatic rings. The fourth-order valence-corrected chi connectivity index (χ4v) is 4.50. The fourth-order valence-electron chi connectivity index (χ4n) is 3.46. The first-order valence-corrected chi connectivity index (χ1v) is 10.5. The van der Waals surface area contributed by atoms with Crippen LogP contribution in [0.3, 0.4) is 0 Å². The number of hydrogen-bond donors (Lipinski definition) is 1. The lowest BCUT2D eigenvalue weighted by molar-refractivity contribution is 0.161. The molecule has 2 aliphatic heterocycles. The summed E-state index contributed by atoms with van der Waals surface area (Å²) in [5, 5.41) is 2.73. The van der Waals surface area contributed by atoms with Crippen molar-refractivity contribution in [3.8, 4) is 0 Å². The van der Waals surface area contributed by atoms with Crippen LogP contribution >= 0.6 is 36.6 Å². The highest BCUT2D eigenvalue weighted by molar-refractivity contribution is 7.99. The number of anilines is 3. The molecule has 0 bridgehead atoms. The van der Waals surface area contributed by atoms with Gasteiger partial charge in [0, 0.05) is 41.7 Å². The number of ether oxygens (including phenoxy) is 1. The molecule has 1 N–H and O–H groups in total. The van der Waals surface area contributed by atoms with Gasteiger partial charge in [0.2, 0.25) is 0 Å². The first-order chi connectivity index (χ1) is 14.1. The molecular formula is C21H26Cl2N4O3S. The first-order valence-electron chi connectivity index (χ1n) is 9.69. The average molecular weight is 485 g/mol. The predicted molar refractivity (Wildman–Crippen MR) is 129 cm³/mol. The number of carbonyl (C=O) groups is 2. The maximum absolute atomic E-state index is 13.5. The molecule has 0 saturated carbocycles. The van der Waals surface area contributed by atoms with E-state index in [9.17, 15) is 9.59 Å². The van der Waals surface area contributed by atoms with E-state index < -0.39 is 6.09 Å². The molecule has 2 aromatic carbocycles. The van der Waals surface area contributed by atoms with Gasteiger partial charge >= 0.3 is 12.1 Å². The Morgan fingerprint density at radius 2 is 1.68 bits per heavy atom. The van der Waals surface area contributed by atoms with Crippen LogP contribution in [0.4, 0.5) is 26.7 Å². The van der Waals surface area contributed by atoms with Crippen molar-refractivity contribution in [2.24, 2.45) is 0 Å². The number of benzene rings is 2. The average Bonchev–Trinajstić information content (AvgIpc) is 2.72. The molecular weight excluding hydrogens is 459 g/mol. The van der Waals surface area contributed by atoms with E-state index in [0.717, 1.165) is 34.3 Å². The minimum atomic E-state index is -0.506. The minimum absolute atomic E-state index is 0. The van der Waals surface area contributed by atoms with Gasteiger partial charge in [-0.3, -0.25) is 10.2 Å². The summed E-state index contributed by atoms with van der Waals surface area (Å²) in [5.74, 6) is 0. The van der Waals surface area contributed by atoms with Gasteiger partial charge in [-0.25, -0.2) is 9.59 Å². The lowest BCUT2D eigenvalue weighted by atomic mass is 10.2. The maximum atomic E-state index is 13.5. The topological polar surface area (TPSA) is 65.1 Å². The maximum Gasteiger partial charge on any atom is 0.411 e. The summed E-state index contributed by atoms with van der Waals surface area (Å²) in [7, 11) is 2.07. The number of rotatable bonds is 2. The Bertz CT molecular complexity index is 939. The van der Waals surface area contributed by atoms with E-state index in [0.29, 0.717) is 25.4 Å². The highest BCUT2D eigenvalue weighted by atomic mass is 35.5. The number of nitrogens with one attached hydrogen (secondary N) is 1. The summed E-state index contributed by atoms with van der Waals surface area (Å²) in [6.07, 6.45) is -0.506. The third kappa shape index (κ3) is 5.38. The molecule has 31 heavy (non-hydrogen) atoms. The van der Waals surface area contributed by atoms with Gasteiger partial charge in [0.15, 0.2) is 0 Å². The summed E-state index contributed by atoms with van der Waals surface area (Å²) >= 11 is 1.62. The van der Waals surface area contributed by atoms with Gasteiger partial charge in [0.05, 0.1) is 18.0 Å². The SMILES string of the molecule is CCOC(=O)Nc1ccc2c(c1)N(C(=O)N1CCN(C)CC1)c1ccccc1S2.Cl.Cl. The number of para-hydroxylation sites is 1. The molecule has 1 saturated heterocycles. The van der Waals surface area contributed by atoms with Crippen LogP contribution in [0.5, 0.6) is 0 Å². The van der Waals surface area contributed by atoms with Crippen LogP contribution in [0.2, 0.25) is 0 Å². The Hall–Kier alpha value is -2.13. The van der Waals surface area contributed by atoms with Crippen LogP contribution in [0.15, 0.2) is 52.3 Å². The van der Waals surface area contributed by atoms with E-state index in [1.54, 1.807) is 23.6 Å². The number of piperazine rings is 1. The Balaban J connectivity index is 0.00000171. The van der Waals surface area contributed by atoms with E-state index in [-0.39, 0.29) is 30.8 Å². The Morgan fingerprint density at radius 1 is 1.00 bits per heavy atom. The van der Waals surface area contributed by atoms with Crippen molar-refractivity contribution < 1.29 is 14.3 Å². The first kappa shape index (κ1) is 25.1. The second-order valence-corrected chi connectivity index (χ2v) is 8.09. The van der Waals surface area contributed by atoms with E-state index in [4.69, 9.17) is 4.74 Å². The molecule has 2 aliphatic rings. The minimum Gasteiger partial charge on any atom is -0.450 e. The van der Waals surface area contributed by atoms with E-state index in [1.165, 1.54) is 0 Å². The molecule has 0 radical (unpaired) electrons. The van der Waals surface area contributed by atoms with Crippen molar-refractivity contribution in [2.75, 3.05) is 50.1 Å². The second kappa shape index (κ2) is 10.9. The van der Waals surface area contributed by atoms with Crippen LogP contribution in [0.1, 0.15) is 6.92 Å². The van der Waals surface area contributed by atoms with E-state index in [1.807, 2.05) is 47.4 Å². The van der Waals surface area contributed by atoms with Crippen molar-refractivity contribution >= 4 is 65.8 Å². The number of halogens is 2. The van der Waals surface area contributed by atoms with Gasteiger partial charge in [-0.1, -0.05) is 23.9 Å². The fraction of sp³-hybridized carbons (Fsp3) is 0.333. The third-order valence-corrected chi connectivity index (χ3v) is 6.14. The second-order valence-electron chi connectivity index (χ2n) is 7.01. The van der Waals surface area contributed by atoms with Gasteiger partial charge < -0.3 is 14.5 Å². The summed E-state index contributed by atoms with van der Waals surface area (Å²) in [6.45, 7) is 5.15. The molecule has 0 aliphatic carbocycles. The zero-order chi connectivity index (χ0) is 20.4. The molecule has 2 heterocycles. The number of fused-ring (bicyclic) bond motifs is 2. The van der Waals surface area contributed by atoms with Gasteiger partial charge in [-0.05, 0) is 44.3 Å². The molecule has 0 spiro atoms. The largest absolute Gasteiger partial charge is 0.450 e.